The number of aromatic nitrogens is 3. The number of nitrogen functional groups attached to an aromatic ring is 1. The SMILES string of the molecule is Cc1cscc1-c1noc(-c2sc(N)nc2C)n1. The molecule has 0 bridgehead atoms. The van der Waals surface area contributed by atoms with E-state index in [2.05, 4.69) is 20.5 Å². The zero-order valence-corrected chi connectivity index (χ0v) is 11.4. The van der Waals surface area contributed by atoms with Gasteiger partial charge in [-0.25, -0.2) is 4.98 Å². The molecule has 3 aromatic rings. The zero-order valence-electron chi connectivity index (χ0n) is 9.80. The molecular formula is C11H10N4OS2. The summed E-state index contributed by atoms with van der Waals surface area (Å²) >= 11 is 2.98. The summed E-state index contributed by atoms with van der Waals surface area (Å²) in [6.45, 7) is 3.90. The van der Waals surface area contributed by atoms with Gasteiger partial charge >= 0.3 is 0 Å². The van der Waals surface area contributed by atoms with E-state index in [0.29, 0.717) is 16.8 Å². The number of aryl methyl sites for hydroxylation is 2. The molecule has 18 heavy (non-hydrogen) atoms. The number of hydrogen-bond donors (Lipinski definition) is 1. The Morgan fingerprint density at radius 3 is 2.67 bits per heavy atom. The molecule has 3 rings (SSSR count). The normalized spacial score (nSPS) is 11.0. The summed E-state index contributed by atoms with van der Waals surface area (Å²) in [4.78, 5) is 9.38. The highest BCUT2D eigenvalue weighted by molar-refractivity contribution is 7.18. The molecule has 0 atom stereocenters. The van der Waals surface area contributed by atoms with Crippen LogP contribution in [0.25, 0.3) is 22.2 Å². The standard InChI is InChI=1S/C11H10N4OS2/c1-5-3-17-4-7(5)9-14-10(16-15-9)8-6(2)13-11(12)18-8/h3-4H,1-2H3,(H2,12,13). The van der Waals surface area contributed by atoms with E-state index in [0.717, 1.165) is 21.7 Å². The van der Waals surface area contributed by atoms with Crippen LogP contribution >= 0.6 is 22.7 Å². The number of thiazole rings is 1. The van der Waals surface area contributed by atoms with Gasteiger partial charge in [-0.05, 0) is 24.8 Å². The van der Waals surface area contributed by atoms with Crippen molar-refractivity contribution in [3.63, 3.8) is 0 Å². The van der Waals surface area contributed by atoms with Crippen LogP contribution in [0.2, 0.25) is 0 Å². The van der Waals surface area contributed by atoms with Crippen molar-refractivity contribution in [2.75, 3.05) is 5.73 Å². The molecule has 2 N–H and O–H groups in total. The molecule has 92 valence electrons. The van der Waals surface area contributed by atoms with E-state index in [-0.39, 0.29) is 0 Å². The molecule has 0 amide bonds. The first-order valence-electron chi connectivity index (χ1n) is 5.25. The second-order valence-electron chi connectivity index (χ2n) is 3.86. The monoisotopic (exact) mass is 278 g/mol. The van der Waals surface area contributed by atoms with Crippen LogP contribution < -0.4 is 5.73 Å². The molecule has 0 aliphatic carbocycles. The van der Waals surface area contributed by atoms with Crippen LogP contribution in [0.15, 0.2) is 15.3 Å². The lowest BCUT2D eigenvalue weighted by atomic mass is 10.2. The maximum absolute atomic E-state index is 5.66. The number of nitrogens with zero attached hydrogens (tertiary/aromatic N) is 3. The van der Waals surface area contributed by atoms with E-state index in [4.69, 9.17) is 10.3 Å². The van der Waals surface area contributed by atoms with Crippen LogP contribution in [0.4, 0.5) is 5.13 Å². The molecule has 0 unspecified atom stereocenters. The van der Waals surface area contributed by atoms with E-state index < -0.39 is 0 Å². The topological polar surface area (TPSA) is 77.8 Å². The summed E-state index contributed by atoms with van der Waals surface area (Å²) in [6, 6.07) is 0. The van der Waals surface area contributed by atoms with Crippen molar-refractivity contribution in [3.05, 3.63) is 22.0 Å². The fourth-order valence-corrected chi connectivity index (χ4v) is 3.21. The zero-order chi connectivity index (χ0) is 12.7. The lowest BCUT2D eigenvalue weighted by Gasteiger charge is -1.89. The van der Waals surface area contributed by atoms with Gasteiger partial charge in [-0.1, -0.05) is 16.5 Å². The van der Waals surface area contributed by atoms with Crippen molar-refractivity contribution in [1.29, 1.82) is 0 Å². The Morgan fingerprint density at radius 2 is 2.06 bits per heavy atom. The lowest BCUT2D eigenvalue weighted by Crippen LogP contribution is -1.82. The Kier molecular flexibility index (Phi) is 2.64. The third-order valence-corrected chi connectivity index (χ3v) is 4.37. The quantitative estimate of drug-likeness (QED) is 0.779. The molecule has 0 fully saturated rings. The highest BCUT2D eigenvalue weighted by Gasteiger charge is 2.17. The fourth-order valence-electron chi connectivity index (χ4n) is 1.63. The molecule has 0 aliphatic rings. The maximum Gasteiger partial charge on any atom is 0.270 e. The van der Waals surface area contributed by atoms with Crippen molar-refractivity contribution >= 4 is 27.8 Å². The number of anilines is 1. The molecule has 7 heteroatoms. The molecule has 5 nitrogen and oxygen atoms in total. The maximum atomic E-state index is 5.66. The molecule has 0 aromatic carbocycles. The van der Waals surface area contributed by atoms with Gasteiger partial charge in [0, 0.05) is 10.9 Å². The Labute approximate surface area is 111 Å². The molecular weight excluding hydrogens is 268 g/mol. The second kappa shape index (κ2) is 4.18. The molecule has 0 saturated carbocycles. The van der Waals surface area contributed by atoms with Gasteiger partial charge in [-0.3, -0.25) is 0 Å². The molecule has 0 saturated heterocycles. The number of rotatable bonds is 2. The van der Waals surface area contributed by atoms with Crippen molar-refractivity contribution in [2.24, 2.45) is 0 Å². The van der Waals surface area contributed by atoms with E-state index in [1.165, 1.54) is 11.3 Å². The highest BCUT2D eigenvalue weighted by Crippen LogP contribution is 2.32. The predicted octanol–water partition coefficient (Wildman–Crippen LogP) is 3.12. The minimum Gasteiger partial charge on any atom is -0.375 e. The van der Waals surface area contributed by atoms with Gasteiger partial charge in [0.25, 0.3) is 5.89 Å². The largest absolute Gasteiger partial charge is 0.375 e. The summed E-state index contributed by atoms with van der Waals surface area (Å²) in [5.41, 5.74) is 8.63. The summed E-state index contributed by atoms with van der Waals surface area (Å²) in [5, 5.41) is 8.58. The summed E-state index contributed by atoms with van der Waals surface area (Å²) in [7, 11) is 0. The van der Waals surface area contributed by atoms with Gasteiger partial charge in [0.15, 0.2) is 5.13 Å². The van der Waals surface area contributed by atoms with Gasteiger partial charge in [-0.15, -0.1) is 0 Å². The summed E-state index contributed by atoms with van der Waals surface area (Å²) < 4.78 is 5.28. The minimum atomic E-state index is 0.474. The Hall–Kier alpha value is -1.73. The Morgan fingerprint density at radius 1 is 1.22 bits per heavy atom. The number of thiophene rings is 1. The van der Waals surface area contributed by atoms with Crippen molar-refractivity contribution in [2.45, 2.75) is 13.8 Å². The number of hydrogen-bond acceptors (Lipinski definition) is 7. The van der Waals surface area contributed by atoms with Gasteiger partial charge < -0.3 is 10.3 Å². The van der Waals surface area contributed by atoms with Gasteiger partial charge in [0.2, 0.25) is 5.82 Å². The minimum absolute atomic E-state index is 0.474. The van der Waals surface area contributed by atoms with Gasteiger partial charge in [-0.2, -0.15) is 16.3 Å². The summed E-state index contributed by atoms with van der Waals surface area (Å²) in [6.07, 6.45) is 0. The average Bonchev–Trinajstić information content (AvgIpc) is 2.98. The van der Waals surface area contributed by atoms with Crippen LogP contribution in [0.1, 0.15) is 11.3 Å². The van der Waals surface area contributed by atoms with Crippen LogP contribution in [-0.2, 0) is 0 Å². The highest BCUT2D eigenvalue weighted by atomic mass is 32.1. The first-order chi connectivity index (χ1) is 8.65. The van der Waals surface area contributed by atoms with E-state index in [9.17, 15) is 0 Å². The first-order valence-corrected chi connectivity index (χ1v) is 7.01. The fraction of sp³-hybridized carbons (Fsp3) is 0.182. The van der Waals surface area contributed by atoms with Crippen molar-refractivity contribution in [1.82, 2.24) is 15.1 Å². The molecule has 0 radical (unpaired) electrons. The Bertz CT molecular complexity index is 698. The molecule has 0 spiro atoms. The third-order valence-electron chi connectivity index (χ3n) is 2.53. The molecule has 0 aliphatic heterocycles. The van der Waals surface area contributed by atoms with Crippen LogP contribution in [0.5, 0.6) is 0 Å². The smallest absolute Gasteiger partial charge is 0.270 e. The Balaban J connectivity index is 2.05. The first kappa shape index (κ1) is 11.4. The van der Waals surface area contributed by atoms with Crippen LogP contribution in [0.3, 0.4) is 0 Å². The van der Waals surface area contributed by atoms with Crippen LogP contribution in [-0.4, -0.2) is 15.1 Å². The molecule has 3 heterocycles. The summed E-state index contributed by atoms with van der Waals surface area (Å²) in [5.74, 6) is 1.08. The third kappa shape index (κ3) is 1.81. The predicted molar refractivity (Wildman–Crippen MR) is 72.6 cm³/mol. The van der Waals surface area contributed by atoms with Crippen molar-refractivity contribution < 1.29 is 4.52 Å². The second-order valence-corrected chi connectivity index (χ2v) is 5.63. The van der Waals surface area contributed by atoms with E-state index in [1.807, 2.05) is 19.2 Å². The van der Waals surface area contributed by atoms with E-state index in [1.54, 1.807) is 11.3 Å². The van der Waals surface area contributed by atoms with Gasteiger partial charge in [0.05, 0.1) is 5.69 Å². The van der Waals surface area contributed by atoms with Crippen LogP contribution in [0, 0.1) is 13.8 Å². The lowest BCUT2D eigenvalue weighted by molar-refractivity contribution is 0.433. The van der Waals surface area contributed by atoms with E-state index >= 15 is 0 Å². The van der Waals surface area contributed by atoms with Crippen molar-refractivity contribution in [3.8, 4) is 22.2 Å². The average molecular weight is 278 g/mol. The molecule has 3 aromatic heterocycles. The number of nitrogens with two attached hydrogens (primary N) is 1. The van der Waals surface area contributed by atoms with Gasteiger partial charge in [0.1, 0.15) is 4.88 Å².